The van der Waals surface area contributed by atoms with Gasteiger partial charge in [-0.3, -0.25) is 19.3 Å². The Labute approximate surface area is 190 Å². The van der Waals surface area contributed by atoms with Crippen LogP contribution >= 0.6 is 0 Å². The fraction of sp³-hybridized carbons (Fsp3) is 0.880. The predicted octanol–water partition coefficient (Wildman–Crippen LogP) is 3.30. The summed E-state index contributed by atoms with van der Waals surface area (Å²) >= 11 is 0. The van der Waals surface area contributed by atoms with Gasteiger partial charge >= 0.3 is 17.9 Å². The van der Waals surface area contributed by atoms with E-state index in [-0.39, 0.29) is 65.7 Å². The van der Waals surface area contributed by atoms with Crippen molar-refractivity contribution in [3.8, 4) is 0 Å². The molecule has 0 aromatic heterocycles. The minimum Gasteiger partial charge on any atom is -0.461 e. The standard InChI is InChI=1S/C25H37NO6/c1-6-16-17-9-7-8-10-26-18(19-11-13(2)22(28)30-19)12-24(5,25(17,26)32-15(4)27)20-14(3)23(29)31-21(16)20/h13-14,16-21H,6-12H2,1-5H3/t13-,14-,16+,17-,18-,19-,20-,21-,24+,25+/m0/s1. The van der Waals surface area contributed by atoms with E-state index in [0.717, 1.165) is 38.6 Å². The van der Waals surface area contributed by atoms with Crippen LogP contribution in [0.1, 0.15) is 73.1 Å². The van der Waals surface area contributed by atoms with Crippen LogP contribution in [0.15, 0.2) is 0 Å². The molecule has 178 valence electrons. The molecule has 0 spiro atoms. The van der Waals surface area contributed by atoms with E-state index < -0.39 is 11.1 Å². The molecule has 7 nitrogen and oxygen atoms in total. The van der Waals surface area contributed by atoms with Crippen LogP contribution in [-0.4, -0.2) is 53.3 Å². The fourth-order valence-corrected chi connectivity index (χ4v) is 8.51. The molecule has 0 aromatic carbocycles. The van der Waals surface area contributed by atoms with Gasteiger partial charge in [0.2, 0.25) is 0 Å². The van der Waals surface area contributed by atoms with Crippen LogP contribution in [0.25, 0.3) is 0 Å². The molecule has 0 N–H and O–H groups in total. The van der Waals surface area contributed by atoms with Gasteiger partial charge in [-0.25, -0.2) is 0 Å². The van der Waals surface area contributed by atoms with Gasteiger partial charge in [0.25, 0.3) is 0 Å². The first-order valence-electron chi connectivity index (χ1n) is 12.5. The molecule has 0 amide bonds. The van der Waals surface area contributed by atoms with Crippen molar-refractivity contribution in [1.29, 1.82) is 0 Å². The highest BCUT2D eigenvalue weighted by Crippen LogP contribution is 2.69. The summed E-state index contributed by atoms with van der Waals surface area (Å²) in [7, 11) is 0. The van der Waals surface area contributed by atoms with Crippen molar-refractivity contribution in [2.75, 3.05) is 6.54 Å². The van der Waals surface area contributed by atoms with Crippen LogP contribution in [0.2, 0.25) is 0 Å². The molecule has 0 aromatic rings. The summed E-state index contributed by atoms with van der Waals surface area (Å²) in [5.74, 6) is -0.721. The molecule has 1 saturated carbocycles. The smallest absolute Gasteiger partial charge is 0.309 e. The predicted molar refractivity (Wildman–Crippen MR) is 115 cm³/mol. The molecule has 4 saturated heterocycles. The molecule has 7 heteroatoms. The van der Waals surface area contributed by atoms with E-state index in [1.807, 2.05) is 13.8 Å². The maximum absolute atomic E-state index is 12.8. The Morgan fingerprint density at radius 1 is 1.19 bits per heavy atom. The first-order chi connectivity index (χ1) is 15.2. The van der Waals surface area contributed by atoms with Crippen molar-refractivity contribution < 1.29 is 28.6 Å². The molecular formula is C25H37NO6. The molecule has 1 aliphatic carbocycles. The monoisotopic (exact) mass is 447 g/mol. The van der Waals surface area contributed by atoms with E-state index in [1.165, 1.54) is 6.92 Å². The fourth-order valence-electron chi connectivity index (χ4n) is 8.51. The Balaban J connectivity index is 1.69. The number of esters is 3. The molecule has 10 atom stereocenters. The number of hydrogen-bond acceptors (Lipinski definition) is 7. The molecule has 0 unspecified atom stereocenters. The second-order valence-electron chi connectivity index (χ2n) is 11.2. The Bertz CT molecular complexity index is 829. The summed E-state index contributed by atoms with van der Waals surface area (Å²) < 4.78 is 18.4. The highest BCUT2D eigenvalue weighted by molar-refractivity contribution is 5.76. The lowest BCUT2D eigenvalue weighted by molar-refractivity contribution is -0.274. The van der Waals surface area contributed by atoms with Gasteiger partial charge < -0.3 is 14.2 Å². The number of hydrogen-bond donors (Lipinski definition) is 0. The number of ether oxygens (including phenoxy) is 3. The lowest BCUT2D eigenvalue weighted by atomic mass is 9.51. The van der Waals surface area contributed by atoms with Gasteiger partial charge in [0.05, 0.1) is 17.9 Å². The van der Waals surface area contributed by atoms with Crippen LogP contribution in [0.5, 0.6) is 0 Å². The van der Waals surface area contributed by atoms with E-state index >= 15 is 0 Å². The number of cyclic esters (lactones) is 1. The van der Waals surface area contributed by atoms with Crippen molar-refractivity contribution >= 4 is 17.9 Å². The number of carbonyl (C=O) groups is 3. The Morgan fingerprint density at radius 3 is 2.56 bits per heavy atom. The number of fused-ring (bicyclic) bond motifs is 2. The van der Waals surface area contributed by atoms with E-state index in [9.17, 15) is 14.4 Å². The third-order valence-corrected chi connectivity index (χ3v) is 9.59. The molecule has 0 bridgehead atoms. The lowest BCUT2D eigenvalue weighted by Crippen LogP contribution is -2.70. The zero-order valence-electron chi connectivity index (χ0n) is 20.0. The SMILES string of the molecule is CC[C@H]1[C@@H]2OC(=O)[C@@H](C)[C@@H]2[C@@]2(C)C[C@@H]([C@@H]3C[C@H](C)C(=O)O3)N3CCCC[C@@H]1[C@]32OC(C)=O. The van der Waals surface area contributed by atoms with Gasteiger partial charge in [0.15, 0.2) is 5.72 Å². The first-order valence-corrected chi connectivity index (χ1v) is 12.5. The number of nitrogens with zero attached hydrogens (tertiary/aromatic N) is 1. The Morgan fingerprint density at radius 2 is 1.94 bits per heavy atom. The third kappa shape index (κ3) is 2.72. The molecule has 4 heterocycles. The van der Waals surface area contributed by atoms with Crippen LogP contribution in [0, 0.1) is 35.0 Å². The lowest BCUT2D eigenvalue weighted by Gasteiger charge is -2.60. The number of carbonyl (C=O) groups excluding carboxylic acids is 3. The molecule has 5 rings (SSSR count). The molecule has 32 heavy (non-hydrogen) atoms. The van der Waals surface area contributed by atoms with Crippen LogP contribution in [0.3, 0.4) is 0 Å². The maximum atomic E-state index is 12.8. The van der Waals surface area contributed by atoms with Gasteiger partial charge in [-0.2, -0.15) is 0 Å². The average Bonchev–Trinajstić information content (AvgIpc) is 3.23. The van der Waals surface area contributed by atoms with Crippen LogP contribution < -0.4 is 0 Å². The summed E-state index contributed by atoms with van der Waals surface area (Å²) in [5, 5.41) is 0. The zero-order valence-corrected chi connectivity index (χ0v) is 20.0. The van der Waals surface area contributed by atoms with Crippen molar-refractivity contribution in [3.63, 3.8) is 0 Å². The summed E-state index contributed by atoms with van der Waals surface area (Å²) in [4.78, 5) is 40.2. The van der Waals surface area contributed by atoms with Crippen LogP contribution in [-0.2, 0) is 28.6 Å². The van der Waals surface area contributed by atoms with E-state index in [4.69, 9.17) is 14.2 Å². The third-order valence-electron chi connectivity index (χ3n) is 9.59. The van der Waals surface area contributed by atoms with Crippen molar-refractivity contribution in [2.24, 2.45) is 35.0 Å². The second-order valence-corrected chi connectivity index (χ2v) is 11.2. The normalized spacial score (nSPS) is 50.3. The first kappa shape index (κ1) is 22.2. The Hall–Kier alpha value is -1.63. The zero-order chi connectivity index (χ0) is 23.0. The molecule has 4 aliphatic heterocycles. The minimum absolute atomic E-state index is 0.0204. The highest BCUT2D eigenvalue weighted by atomic mass is 16.6. The van der Waals surface area contributed by atoms with Gasteiger partial charge in [0, 0.05) is 36.6 Å². The van der Waals surface area contributed by atoms with Crippen molar-refractivity contribution in [3.05, 3.63) is 0 Å². The van der Waals surface area contributed by atoms with Gasteiger partial charge in [0.1, 0.15) is 12.2 Å². The van der Waals surface area contributed by atoms with E-state index in [1.54, 1.807) is 0 Å². The summed E-state index contributed by atoms with van der Waals surface area (Å²) in [6.45, 7) is 10.6. The highest BCUT2D eigenvalue weighted by Gasteiger charge is 2.77. The number of rotatable bonds is 3. The molecule has 5 fully saturated rings. The molecular weight excluding hydrogens is 410 g/mol. The molecule has 5 aliphatic rings. The topological polar surface area (TPSA) is 82.1 Å². The summed E-state index contributed by atoms with van der Waals surface area (Å²) in [6.07, 6.45) is 4.95. The van der Waals surface area contributed by atoms with E-state index in [2.05, 4.69) is 18.7 Å². The van der Waals surface area contributed by atoms with Gasteiger partial charge in [-0.1, -0.05) is 34.1 Å². The van der Waals surface area contributed by atoms with E-state index in [0.29, 0.717) is 6.42 Å². The summed E-state index contributed by atoms with van der Waals surface area (Å²) in [5.41, 5.74) is -1.26. The maximum Gasteiger partial charge on any atom is 0.309 e. The van der Waals surface area contributed by atoms with Gasteiger partial charge in [-0.05, 0) is 32.1 Å². The van der Waals surface area contributed by atoms with Gasteiger partial charge in [-0.15, -0.1) is 0 Å². The van der Waals surface area contributed by atoms with Crippen LogP contribution in [0.4, 0.5) is 0 Å². The minimum atomic E-state index is -0.803. The largest absolute Gasteiger partial charge is 0.461 e. The van der Waals surface area contributed by atoms with Crippen molar-refractivity contribution in [1.82, 2.24) is 4.90 Å². The average molecular weight is 448 g/mol. The molecule has 0 radical (unpaired) electrons. The quantitative estimate of drug-likeness (QED) is 0.485. The Kier molecular flexibility index (Phi) is 5.16. The second kappa shape index (κ2) is 7.44. The summed E-state index contributed by atoms with van der Waals surface area (Å²) in [6, 6.07) is -0.0204. The van der Waals surface area contributed by atoms with Crippen molar-refractivity contribution in [2.45, 2.75) is 97.1 Å².